The number of aliphatic hydroxyl groups excluding tert-OH is 1. The molecule has 0 saturated carbocycles. The van der Waals surface area contributed by atoms with Crippen LogP contribution in [-0.2, 0) is 119 Å². The van der Waals surface area contributed by atoms with Crippen molar-refractivity contribution in [3.05, 3.63) is 140 Å². The predicted molar refractivity (Wildman–Crippen MR) is 213 cm³/mol. The molecule has 0 saturated heterocycles. The van der Waals surface area contributed by atoms with E-state index in [0.29, 0.717) is 47.1 Å². The van der Waals surface area contributed by atoms with Gasteiger partial charge in [-0.05, 0) is 91.3 Å². The number of benzene rings is 5. The third kappa shape index (κ3) is 9.01. The van der Waals surface area contributed by atoms with Crippen molar-refractivity contribution in [3.63, 3.8) is 0 Å². The van der Waals surface area contributed by atoms with E-state index in [4.69, 9.17) is 19.5 Å². The van der Waals surface area contributed by atoms with Crippen molar-refractivity contribution >= 4 is 41.1 Å². The number of para-hydroxylation sites is 2. The molecule has 0 aliphatic carbocycles. The summed E-state index contributed by atoms with van der Waals surface area (Å²) < 4.78 is 22.5. The number of rotatable bonds is 10. The van der Waals surface area contributed by atoms with E-state index in [1.165, 1.54) is 5.56 Å². The Hall–Kier alpha value is -3.03. The van der Waals surface area contributed by atoms with Crippen molar-refractivity contribution in [2.45, 2.75) is 65.5 Å². The van der Waals surface area contributed by atoms with Crippen molar-refractivity contribution in [2.24, 2.45) is 0 Å². The van der Waals surface area contributed by atoms with Crippen molar-refractivity contribution in [3.8, 4) is 17.2 Å². The van der Waals surface area contributed by atoms with Gasteiger partial charge in [-0.1, -0.05) is 59.3 Å². The van der Waals surface area contributed by atoms with Gasteiger partial charge in [-0.3, -0.25) is 4.79 Å². The van der Waals surface area contributed by atoms with E-state index >= 15 is 0 Å². The third-order valence-electron chi connectivity index (χ3n) is 11.2. The van der Waals surface area contributed by atoms with Crippen molar-refractivity contribution < 1.29 is 120 Å². The van der Waals surface area contributed by atoms with Gasteiger partial charge < -0.3 is 38.7 Å². The van der Waals surface area contributed by atoms with Gasteiger partial charge in [0.15, 0.2) is 5.75 Å². The van der Waals surface area contributed by atoms with Crippen LogP contribution in [0.4, 0.5) is 22.7 Å². The van der Waals surface area contributed by atoms with E-state index in [1.54, 1.807) is 19.2 Å². The van der Waals surface area contributed by atoms with Crippen LogP contribution < -0.4 is 19.1 Å². The molecule has 12 heteroatoms. The second-order valence-electron chi connectivity index (χ2n) is 14.4. The maximum Gasteiger partial charge on any atom is 2.00 e. The number of ether oxygens (including phenoxy) is 3. The van der Waals surface area contributed by atoms with E-state index in [1.807, 2.05) is 76.7 Å². The Kier molecular flexibility index (Phi) is 15.5. The van der Waals surface area contributed by atoms with Crippen molar-refractivity contribution in [2.75, 3.05) is 26.1 Å². The number of carbonyl (C=O) groups excluding carboxylic acids is 1. The first-order valence-corrected chi connectivity index (χ1v) is 18.5. The SMILES string of the molecule is COc1cc2c(cc1OCc1cc(COc3cc([N+](C)=[C-][C@@H]4Cc5ccccc5[N-]4)[c-]cc3CO)c(C)c(C)c1C)[N+](C)=[C-][C@@H]1Cc3ccccc3N1C2=O.[W+2].[Y].[Y]. The number of fused-ring (bicyclic) bond motifs is 5. The number of anilines is 1. The zero-order valence-corrected chi connectivity index (χ0v) is 42.2. The normalized spacial score (nSPS) is 16.2. The fourth-order valence-electron chi connectivity index (χ4n) is 7.78. The number of nitrogens with zero attached hydrogens (tertiary/aromatic N) is 4. The van der Waals surface area contributed by atoms with E-state index in [0.717, 1.165) is 56.9 Å². The van der Waals surface area contributed by atoms with Crippen molar-refractivity contribution in [1.82, 2.24) is 0 Å². The Morgan fingerprint density at radius 1 is 0.879 bits per heavy atom. The first-order valence-electron chi connectivity index (χ1n) is 18.5. The van der Waals surface area contributed by atoms with E-state index in [2.05, 4.69) is 57.5 Å². The maximum absolute atomic E-state index is 14.0. The molecule has 0 fully saturated rings. The predicted octanol–water partition coefficient (Wildman–Crippen LogP) is 7.72. The molecule has 290 valence electrons. The Balaban J connectivity index is 0.00000214. The summed E-state index contributed by atoms with van der Waals surface area (Å²) in [6, 6.07) is 28.6. The number of amides is 1. The molecule has 0 bridgehead atoms. The van der Waals surface area contributed by atoms with Crippen LogP contribution in [0, 0.1) is 26.8 Å². The minimum Gasteiger partial charge on any atom is -0.688 e. The van der Waals surface area contributed by atoms with Gasteiger partial charge in [0, 0.05) is 107 Å². The molecule has 5 aromatic carbocycles. The molecular weight excluding hydrogens is 1050 g/mol. The standard InChI is InChI=1S/C46H44N4O5.W.2Y/c1-28-29(2)34(26-54-43-20-37(16-15-33(43)25-51)48(4)23-36-18-31-11-7-9-13-40(31)47-36)17-35(30(28)3)27-55-45-22-42-39(21-44(45)53-6)46(52)50-38(24-49(42)5)19-32-12-8-10-14-41(32)50;;;/h7-15,17,20-22,36,38,51H,18-19,25-27H2,1-6H3;;;/q-2;+2;;/t36-,38-;;;/m0.../s1. The van der Waals surface area contributed by atoms with Crippen LogP contribution in [-0.4, -0.2) is 65.9 Å². The summed E-state index contributed by atoms with van der Waals surface area (Å²) in [5.74, 6) is 1.51. The molecule has 8 rings (SSSR count). The Labute approximate surface area is 405 Å². The minimum absolute atomic E-state index is 0. The van der Waals surface area contributed by atoms with E-state index in [9.17, 15) is 9.90 Å². The summed E-state index contributed by atoms with van der Waals surface area (Å²) in [5, 5.41) is 15.0. The molecule has 3 aliphatic rings. The maximum atomic E-state index is 14.0. The second kappa shape index (κ2) is 19.6. The Morgan fingerprint density at radius 3 is 2.24 bits per heavy atom. The summed E-state index contributed by atoms with van der Waals surface area (Å²) in [4.78, 5) is 15.9. The molecule has 0 spiro atoms. The van der Waals surface area contributed by atoms with Gasteiger partial charge in [-0.15, -0.1) is 17.8 Å². The van der Waals surface area contributed by atoms with Crippen LogP contribution in [0.5, 0.6) is 17.2 Å². The Morgan fingerprint density at radius 2 is 1.55 bits per heavy atom. The molecule has 2 radical (unpaired) electrons. The zero-order chi connectivity index (χ0) is 38.4. The van der Waals surface area contributed by atoms with Gasteiger partial charge in [0.2, 0.25) is 5.91 Å². The van der Waals surface area contributed by atoms with Crippen LogP contribution in [0.1, 0.15) is 54.9 Å². The van der Waals surface area contributed by atoms with E-state index < -0.39 is 0 Å². The van der Waals surface area contributed by atoms with Crippen LogP contribution >= 0.6 is 0 Å². The molecule has 2 atom stereocenters. The minimum atomic E-state index is -0.200. The molecule has 1 amide bonds. The summed E-state index contributed by atoms with van der Waals surface area (Å²) >= 11 is 0. The van der Waals surface area contributed by atoms with Gasteiger partial charge in [0.25, 0.3) is 0 Å². The van der Waals surface area contributed by atoms with Crippen LogP contribution in [0.25, 0.3) is 5.32 Å². The molecule has 3 heterocycles. The molecule has 0 aromatic heterocycles. The van der Waals surface area contributed by atoms with Crippen molar-refractivity contribution in [1.29, 1.82) is 0 Å². The summed E-state index contributed by atoms with van der Waals surface area (Å²) in [5.41, 5.74) is 12.4. The van der Waals surface area contributed by atoms with Gasteiger partial charge in [0.1, 0.15) is 33.1 Å². The smallest absolute Gasteiger partial charge is 0.688 e. The number of aliphatic hydroxyl groups is 1. The average Bonchev–Trinajstić information content (AvgIpc) is 3.76. The summed E-state index contributed by atoms with van der Waals surface area (Å²) in [6.45, 7) is 6.71. The first-order chi connectivity index (χ1) is 26.6. The zero-order valence-electron chi connectivity index (χ0n) is 33.6. The van der Waals surface area contributed by atoms with Gasteiger partial charge >= 0.3 is 21.1 Å². The molecular formula is C46H44N4O5WY2. The van der Waals surface area contributed by atoms with E-state index in [-0.39, 0.29) is 118 Å². The Bertz CT molecular complexity index is 2390. The van der Waals surface area contributed by atoms with Crippen LogP contribution in [0.15, 0.2) is 78.9 Å². The topological polar surface area (TPSA) is 88.3 Å². The number of methoxy groups -OCH3 is 1. The second-order valence-corrected chi connectivity index (χ2v) is 14.4. The quantitative estimate of drug-likeness (QED) is 0.0881. The van der Waals surface area contributed by atoms with Gasteiger partial charge in [-0.2, -0.15) is 6.07 Å². The molecule has 9 nitrogen and oxygen atoms in total. The fraction of sp³-hybridized carbons (Fsp3) is 0.283. The van der Waals surface area contributed by atoms with Gasteiger partial charge in [-0.25, -0.2) is 6.07 Å². The first kappa shape index (κ1) is 46.0. The largest absolute Gasteiger partial charge is 2.00 e. The number of hydrogen-bond donors (Lipinski definition) is 1. The monoisotopic (exact) mass is 1090 g/mol. The molecule has 1 N–H and O–H groups in total. The van der Waals surface area contributed by atoms with Gasteiger partial charge in [0.05, 0.1) is 12.8 Å². The fourth-order valence-corrected chi connectivity index (χ4v) is 7.78. The summed E-state index contributed by atoms with van der Waals surface area (Å²) in [6.07, 6.45) is 8.48. The molecule has 3 aliphatic heterocycles. The number of carbonyl (C=O) groups is 1. The average molecular weight is 1090 g/mol. The van der Waals surface area contributed by atoms with Crippen LogP contribution in [0.3, 0.4) is 0 Å². The molecule has 58 heavy (non-hydrogen) atoms. The summed E-state index contributed by atoms with van der Waals surface area (Å²) in [7, 11) is 5.44. The third-order valence-corrected chi connectivity index (χ3v) is 11.2. The molecule has 0 unspecified atom stereocenters. The molecule has 5 aromatic rings. The van der Waals surface area contributed by atoms with Crippen LogP contribution in [0.2, 0.25) is 0 Å². The number of hydrogen-bond acceptors (Lipinski definition) is 5.